The van der Waals surface area contributed by atoms with Crippen molar-refractivity contribution < 1.29 is 9.90 Å². The minimum Gasteiger partial charge on any atom is -0.493 e. The molecule has 0 bridgehead atoms. The second kappa shape index (κ2) is 5.72. The first-order chi connectivity index (χ1) is 8.51. The largest absolute Gasteiger partial charge is 0.493 e. The van der Waals surface area contributed by atoms with E-state index in [1.165, 1.54) is 13.2 Å². The summed E-state index contributed by atoms with van der Waals surface area (Å²) >= 11 is 0. The van der Waals surface area contributed by atoms with Crippen molar-refractivity contribution in [2.45, 2.75) is 13.3 Å². The zero-order valence-electron chi connectivity index (χ0n) is 10.2. The topological polar surface area (TPSA) is 100 Å². The van der Waals surface area contributed by atoms with E-state index in [0.717, 1.165) is 21.8 Å². The Balaban J connectivity index is 3.09. The predicted octanol–water partition coefficient (Wildman–Crippen LogP) is -0.217. The first-order valence-electron chi connectivity index (χ1n) is 5.38. The van der Waals surface area contributed by atoms with E-state index in [1.807, 2.05) is 6.92 Å². The molecular formula is C11H14N4O3. The zero-order valence-corrected chi connectivity index (χ0v) is 10.2. The van der Waals surface area contributed by atoms with Crippen molar-refractivity contribution in [3.8, 4) is 11.9 Å². The third-order valence-corrected chi connectivity index (χ3v) is 2.22. The number of nitriles is 1. The Morgan fingerprint density at radius 3 is 2.78 bits per heavy atom. The van der Waals surface area contributed by atoms with Gasteiger partial charge in [0, 0.05) is 19.8 Å². The Kier molecular flexibility index (Phi) is 4.32. The van der Waals surface area contributed by atoms with Crippen molar-refractivity contribution >= 4 is 12.1 Å². The Labute approximate surface area is 104 Å². The third-order valence-electron chi connectivity index (χ3n) is 2.22. The number of imidazole rings is 1. The lowest BCUT2D eigenvalue weighted by atomic mass is 10.3. The van der Waals surface area contributed by atoms with Gasteiger partial charge in [-0.05, 0) is 6.42 Å². The van der Waals surface area contributed by atoms with Gasteiger partial charge in [0.25, 0.3) is 5.91 Å². The highest BCUT2D eigenvalue weighted by Gasteiger charge is 2.11. The van der Waals surface area contributed by atoms with Gasteiger partial charge in [0.2, 0.25) is 5.88 Å². The fourth-order valence-corrected chi connectivity index (χ4v) is 1.28. The van der Waals surface area contributed by atoms with Crippen molar-refractivity contribution in [3.63, 3.8) is 0 Å². The quantitative estimate of drug-likeness (QED) is 0.570. The molecule has 96 valence electrons. The fourth-order valence-electron chi connectivity index (χ4n) is 1.28. The van der Waals surface area contributed by atoms with Gasteiger partial charge in [-0.2, -0.15) is 5.26 Å². The molecule has 1 rings (SSSR count). The molecule has 18 heavy (non-hydrogen) atoms. The molecular weight excluding hydrogens is 236 g/mol. The molecule has 1 amide bonds. The minimum absolute atomic E-state index is 0.243. The first-order valence-corrected chi connectivity index (χ1v) is 5.38. The van der Waals surface area contributed by atoms with Crippen molar-refractivity contribution in [3.05, 3.63) is 22.3 Å². The lowest BCUT2D eigenvalue weighted by molar-refractivity contribution is -0.117. The molecule has 7 nitrogen and oxygen atoms in total. The Bertz CT molecular complexity index is 574. The molecule has 0 radical (unpaired) electrons. The Hall–Kier alpha value is -2.49. The number of aryl methyl sites for hydroxylation is 1. The number of hydrogen-bond donors (Lipinski definition) is 2. The first kappa shape index (κ1) is 13.6. The summed E-state index contributed by atoms with van der Waals surface area (Å²) in [5.41, 5.74) is -0.782. The van der Waals surface area contributed by atoms with Gasteiger partial charge >= 0.3 is 5.69 Å². The predicted molar refractivity (Wildman–Crippen MR) is 64.5 cm³/mol. The Morgan fingerprint density at radius 1 is 1.67 bits per heavy atom. The van der Waals surface area contributed by atoms with Crippen molar-refractivity contribution in [1.82, 2.24) is 14.5 Å². The number of aromatic nitrogens is 2. The smallest absolute Gasteiger partial charge is 0.334 e. The molecule has 0 aromatic carbocycles. The van der Waals surface area contributed by atoms with E-state index >= 15 is 0 Å². The van der Waals surface area contributed by atoms with Crippen molar-refractivity contribution in [2.75, 3.05) is 6.54 Å². The molecule has 0 aliphatic rings. The van der Waals surface area contributed by atoms with E-state index in [-0.39, 0.29) is 11.5 Å². The second-order valence-electron chi connectivity index (χ2n) is 3.66. The van der Waals surface area contributed by atoms with Crippen LogP contribution in [-0.2, 0) is 11.8 Å². The van der Waals surface area contributed by atoms with Crippen LogP contribution in [0.1, 0.15) is 13.3 Å². The molecule has 7 heteroatoms. The van der Waals surface area contributed by atoms with Gasteiger partial charge in [0.05, 0.1) is 6.20 Å². The summed E-state index contributed by atoms with van der Waals surface area (Å²) in [7, 11) is 1.45. The SMILES string of the molecule is CCCNC(=O)C(C#N)=Cn1c(O)cn(C)c1=O. The number of rotatable bonds is 4. The molecule has 1 heterocycles. The third kappa shape index (κ3) is 2.79. The number of carbonyl (C=O) groups is 1. The van der Waals surface area contributed by atoms with Crippen LogP contribution in [0.3, 0.4) is 0 Å². The number of nitrogens with one attached hydrogen (secondary N) is 1. The van der Waals surface area contributed by atoms with Gasteiger partial charge in [-0.3, -0.25) is 9.36 Å². The van der Waals surface area contributed by atoms with Crippen LogP contribution in [0.2, 0.25) is 0 Å². The molecule has 1 aromatic heterocycles. The van der Waals surface area contributed by atoms with Crippen LogP contribution >= 0.6 is 0 Å². The molecule has 0 saturated heterocycles. The van der Waals surface area contributed by atoms with Crippen LogP contribution in [0.4, 0.5) is 0 Å². The normalized spacial score (nSPS) is 11.1. The lowest BCUT2D eigenvalue weighted by Gasteiger charge is -2.01. The molecule has 0 aliphatic carbocycles. The van der Waals surface area contributed by atoms with Gasteiger partial charge in [-0.1, -0.05) is 6.92 Å². The second-order valence-corrected chi connectivity index (χ2v) is 3.66. The van der Waals surface area contributed by atoms with Crippen LogP contribution in [0.5, 0.6) is 5.88 Å². The maximum Gasteiger partial charge on any atom is 0.334 e. The molecule has 0 atom stereocenters. The summed E-state index contributed by atoms with van der Waals surface area (Å²) in [6, 6.07) is 1.69. The highest BCUT2D eigenvalue weighted by atomic mass is 16.3. The molecule has 0 fully saturated rings. The number of carbonyl (C=O) groups excluding carboxylic acids is 1. The van der Waals surface area contributed by atoms with Crippen LogP contribution in [0, 0.1) is 11.3 Å². The van der Waals surface area contributed by atoms with E-state index in [9.17, 15) is 14.7 Å². The van der Waals surface area contributed by atoms with E-state index in [0.29, 0.717) is 6.54 Å². The minimum atomic E-state index is -0.575. The van der Waals surface area contributed by atoms with Gasteiger partial charge < -0.3 is 10.4 Å². The lowest BCUT2D eigenvalue weighted by Crippen LogP contribution is -2.26. The van der Waals surface area contributed by atoms with Gasteiger partial charge in [0.15, 0.2) is 0 Å². The summed E-state index contributed by atoms with van der Waals surface area (Å²) in [6.45, 7) is 2.32. The number of amides is 1. The van der Waals surface area contributed by atoms with E-state index in [4.69, 9.17) is 5.26 Å². The molecule has 0 unspecified atom stereocenters. The highest BCUT2D eigenvalue weighted by Crippen LogP contribution is 2.07. The summed E-state index contributed by atoms with van der Waals surface area (Å²) < 4.78 is 1.98. The van der Waals surface area contributed by atoms with E-state index in [1.54, 1.807) is 6.07 Å². The number of hydrogen-bond acceptors (Lipinski definition) is 4. The maximum atomic E-state index is 11.6. The van der Waals surface area contributed by atoms with E-state index < -0.39 is 11.6 Å². The van der Waals surface area contributed by atoms with Crippen LogP contribution < -0.4 is 11.0 Å². The number of nitrogens with zero attached hydrogens (tertiary/aromatic N) is 3. The molecule has 1 aromatic rings. The zero-order chi connectivity index (χ0) is 13.7. The molecule has 0 spiro atoms. The summed E-state index contributed by atoms with van der Waals surface area (Å²) in [4.78, 5) is 23.1. The average Bonchev–Trinajstić information content (AvgIpc) is 2.58. The summed E-state index contributed by atoms with van der Waals surface area (Å²) in [5, 5.41) is 20.8. The monoisotopic (exact) mass is 250 g/mol. The van der Waals surface area contributed by atoms with Crippen LogP contribution in [0.15, 0.2) is 16.6 Å². The number of aromatic hydroxyl groups is 1. The summed E-state index contributed by atoms with van der Waals surface area (Å²) in [6.07, 6.45) is 2.95. The molecule has 0 saturated carbocycles. The highest BCUT2D eigenvalue weighted by molar-refractivity contribution is 6.00. The van der Waals surface area contributed by atoms with Crippen LogP contribution in [0.25, 0.3) is 6.20 Å². The maximum absolute atomic E-state index is 11.6. The van der Waals surface area contributed by atoms with Crippen LogP contribution in [-0.4, -0.2) is 26.7 Å². The average molecular weight is 250 g/mol. The van der Waals surface area contributed by atoms with Gasteiger partial charge in [0.1, 0.15) is 11.6 Å². The standard InChI is InChI=1S/C11H14N4O3/c1-3-4-13-10(17)8(5-12)6-15-9(16)7-14(2)11(15)18/h6-7,16H,3-4H2,1-2H3,(H,13,17). The van der Waals surface area contributed by atoms with Crippen molar-refractivity contribution in [2.24, 2.45) is 7.05 Å². The summed E-state index contributed by atoms with van der Waals surface area (Å²) in [5.74, 6) is -0.909. The van der Waals surface area contributed by atoms with Crippen molar-refractivity contribution in [1.29, 1.82) is 5.26 Å². The van der Waals surface area contributed by atoms with E-state index in [2.05, 4.69) is 5.32 Å². The molecule has 2 N–H and O–H groups in total. The van der Waals surface area contributed by atoms with Gasteiger partial charge in [-0.25, -0.2) is 9.36 Å². The van der Waals surface area contributed by atoms with Gasteiger partial charge in [-0.15, -0.1) is 0 Å². The molecule has 0 aliphatic heterocycles. The fraction of sp³-hybridized carbons (Fsp3) is 0.364. The Morgan fingerprint density at radius 2 is 2.33 bits per heavy atom.